The average molecular weight is 518 g/mol. The highest BCUT2D eigenvalue weighted by Crippen LogP contribution is 2.28. The fourth-order valence-corrected chi connectivity index (χ4v) is 5.48. The summed E-state index contributed by atoms with van der Waals surface area (Å²) < 4.78 is 4.99. The number of carbonyl (C=O) groups is 4. The second-order valence-corrected chi connectivity index (χ2v) is 9.88. The Balaban J connectivity index is 1.19. The summed E-state index contributed by atoms with van der Waals surface area (Å²) >= 11 is 1.43. The summed E-state index contributed by atoms with van der Waals surface area (Å²) in [6.45, 7) is 4.73. The first-order valence-electron chi connectivity index (χ1n) is 12.3. The Kier molecular flexibility index (Phi) is 7.16. The van der Waals surface area contributed by atoms with Crippen molar-refractivity contribution in [3.63, 3.8) is 0 Å². The van der Waals surface area contributed by atoms with Crippen LogP contribution in [0.25, 0.3) is 0 Å². The van der Waals surface area contributed by atoms with Crippen molar-refractivity contribution in [1.29, 1.82) is 0 Å². The number of amides is 2. The number of hydrogen-bond acceptors (Lipinski definition) is 8. The standard InChI is InChI=1S/C28H27N3O5S/c1-2-36-28(35)20-7-11-22(12-8-20)31-25(32)18-23(27(31)34)30-15-13-29(14-16-30)21-9-5-19(6-10-21)26(33)24-4-3-17-37-24/h3-12,17,23H,2,13-16,18H2,1H3. The van der Waals surface area contributed by atoms with Gasteiger partial charge in [0.25, 0.3) is 5.91 Å². The molecule has 1 atom stereocenters. The van der Waals surface area contributed by atoms with Crippen molar-refractivity contribution in [2.24, 2.45) is 0 Å². The molecule has 37 heavy (non-hydrogen) atoms. The van der Waals surface area contributed by atoms with Gasteiger partial charge in [0.2, 0.25) is 11.7 Å². The minimum Gasteiger partial charge on any atom is -0.462 e. The summed E-state index contributed by atoms with van der Waals surface area (Å²) in [4.78, 5) is 56.7. The van der Waals surface area contributed by atoms with E-state index in [0.717, 1.165) is 10.6 Å². The van der Waals surface area contributed by atoms with Crippen molar-refractivity contribution in [3.05, 3.63) is 82.0 Å². The lowest BCUT2D eigenvalue weighted by atomic mass is 10.1. The maximum Gasteiger partial charge on any atom is 0.338 e. The third kappa shape index (κ3) is 5.05. The first kappa shape index (κ1) is 24.9. The minimum atomic E-state index is -0.495. The third-order valence-electron chi connectivity index (χ3n) is 6.75. The molecule has 2 aliphatic rings. The van der Waals surface area contributed by atoms with Crippen molar-refractivity contribution in [2.75, 3.05) is 42.6 Å². The van der Waals surface area contributed by atoms with Crippen LogP contribution in [0.1, 0.15) is 38.9 Å². The number of anilines is 2. The molecule has 0 N–H and O–H groups in total. The van der Waals surface area contributed by atoms with Gasteiger partial charge in [-0.1, -0.05) is 6.07 Å². The molecule has 2 aliphatic heterocycles. The number of nitrogens with zero attached hydrogens (tertiary/aromatic N) is 3. The summed E-state index contributed by atoms with van der Waals surface area (Å²) in [6, 6.07) is 17.2. The van der Waals surface area contributed by atoms with Crippen LogP contribution in [-0.4, -0.2) is 67.3 Å². The molecule has 2 saturated heterocycles. The Bertz CT molecular complexity index is 1300. The molecule has 8 nitrogen and oxygen atoms in total. The quantitative estimate of drug-likeness (QED) is 0.269. The molecule has 2 aromatic carbocycles. The number of piperazine rings is 1. The number of hydrogen-bond donors (Lipinski definition) is 0. The van der Waals surface area contributed by atoms with E-state index in [1.54, 1.807) is 31.2 Å². The van der Waals surface area contributed by atoms with Crippen molar-refractivity contribution in [3.8, 4) is 0 Å². The van der Waals surface area contributed by atoms with Crippen molar-refractivity contribution < 1.29 is 23.9 Å². The number of ketones is 1. The molecule has 3 heterocycles. The third-order valence-corrected chi connectivity index (χ3v) is 7.62. The zero-order chi connectivity index (χ0) is 25.9. The van der Waals surface area contributed by atoms with E-state index in [1.165, 1.54) is 16.2 Å². The highest BCUT2D eigenvalue weighted by atomic mass is 32.1. The molecule has 0 aliphatic carbocycles. The summed E-state index contributed by atoms with van der Waals surface area (Å²) in [6.07, 6.45) is 0.137. The number of ether oxygens (including phenoxy) is 1. The fourth-order valence-electron chi connectivity index (χ4n) is 4.80. The van der Waals surface area contributed by atoms with E-state index < -0.39 is 12.0 Å². The molecule has 1 aromatic heterocycles. The molecule has 3 aromatic rings. The molecular weight excluding hydrogens is 490 g/mol. The highest BCUT2D eigenvalue weighted by Gasteiger charge is 2.43. The number of esters is 1. The van der Waals surface area contributed by atoms with Crippen LogP contribution >= 0.6 is 11.3 Å². The summed E-state index contributed by atoms with van der Waals surface area (Å²) in [5.74, 6) is -0.894. The molecule has 2 amide bonds. The number of thiophene rings is 1. The maximum absolute atomic E-state index is 13.2. The Hall–Kier alpha value is -3.82. The SMILES string of the molecule is CCOC(=O)c1ccc(N2C(=O)CC(N3CCN(c4ccc(C(=O)c5cccs5)cc4)CC3)C2=O)cc1. The molecule has 2 fully saturated rings. The topological polar surface area (TPSA) is 87.2 Å². The van der Waals surface area contributed by atoms with Crippen molar-refractivity contribution in [1.82, 2.24) is 4.90 Å². The van der Waals surface area contributed by atoms with Crippen LogP contribution in [0.3, 0.4) is 0 Å². The molecule has 0 bridgehead atoms. The molecular formula is C28H27N3O5S. The number of benzene rings is 2. The van der Waals surface area contributed by atoms with Gasteiger partial charge in [-0.2, -0.15) is 0 Å². The zero-order valence-corrected chi connectivity index (χ0v) is 21.3. The predicted molar refractivity (Wildman–Crippen MR) is 141 cm³/mol. The Morgan fingerprint density at radius 3 is 2.16 bits per heavy atom. The molecule has 0 radical (unpaired) electrons. The first-order valence-corrected chi connectivity index (χ1v) is 13.2. The van der Waals surface area contributed by atoms with Gasteiger partial charge in [0.15, 0.2) is 0 Å². The van der Waals surface area contributed by atoms with Crippen LogP contribution in [-0.2, 0) is 14.3 Å². The van der Waals surface area contributed by atoms with Gasteiger partial charge in [0.05, 0.1) is 35.2 Å². The van der Waals surface area contributed by atoms with Gasteiger partial charge in [0, 0.05) is 37.4 Å². The number of carbonyl (C=O) groups excluding carboxylic acids is 4. The lowest BCUT2D eigenvalue weighted by molar-refractivity contribution is -0.123. The summed E-state index contributed by atoms with van der Waals surface area (Å²) in [7, 11) is 0. The average Bonchev–Trinajstić information content (AvgIpc) is 3.57. The fraction of sp³-hybridized carbons (Fsp3) is 0.286. The summed E-state index contributed by atoms with van der Waals surface area (Å²) in [5.41, 5.74) is 2.53. The van der Waals surface area contributed by atoms with E-state index in [0.29, 0.717) is 43.0 Å². The van der Waals surface area contributed by atoms with E-state index in [-0.39, 0.29) is 30.6 Å². The first-order chi connectivity index (χ1) is 18.0. The van der Waals surface area contributed by atoms with Crippen molar-refractivity contribution >= 4 is 46.3 Å². The Morgan fingerprint density at radius 1 is 0.892 bits per heavy atom. The maximum atomic E-state index is 13.2. The van der Waals surface area contributed by atoms with E-state index in [9.17, 15) is 19.2 Å². The zero-order valence-electron chi connectivity index (χ0n) is 20.5. The van der Waals surface area contributed by atoms with Crippen LogP contribution in [0.5, 0.6) is 0 Å². The second-order valence-electron chi connectivity index (χ2n) is 8.93. The van der Waals surface area contributed by atoms with Crippen LogP contribution in [0.4, 0.5) is 11.4 Å². The van der Waals surface area contributed by atoms with E-state index in [1.807, 2.05) is 41.8 Å². The second kappa shape index (κ2) is 10.7. The van der Waals surface area contributed by atoms with Gasteiger partial charge in [-0.3, -0.25) is 19.3 Å². The molecule has 9 heteroatoms. The predicted octanol–water partition coefficient (Wildman–Crippen LogP) is 3.61. The lowest BCUT2D eigenvalue weighted by Crippen LogP contribution is -2.52. The minimum absolute atomic E-state index is 0.0240. The smallest absolute Gasteiger partial charge is 0.338 e. The molecule has 1 unspecified atom stereocenters. The van der Waals surface area contributed by atoms with Crippen LogP contribution < -0.4 is 9.80 Å². The number of imide groups is 1. The normalized spacial score (nSPS) is 18.4. The van der Waals surface area contributed by atoms with Gasteiger partial charge < -0.3 is 9.64 Å². The summed E-state index contributed by atoms with van der Waals surface area (Å²) in [5, 5.41) is 1.89. The van der Waals surface area contributed by atoms with Gasteiger partial charge >= 0.3 is 5.97 Å². The highest BCUT2D eigenvalue weighted by molar-refractivity contribution is 7.12. The monoisotopic (exact) mass is 517 g/mol. The van der Waals surface area contributed by atoms with Gasteiger partial charge in [-0.05, 0) is 66.9 Å². The van der Waals surface area contributed by atoms with E-state index >= 15 is 0 Å². The Labute approximate surface area is 219 Å². The van der Waals surface area contributed by atoms with Gasteiger partial charge in [0.1, 0.15) is 0 Å². The van der Waals surface area contributed by atoms with Crippen LogP contribution in [0.15, 0.2) is 66.0 Å². The van der Waals surface area contributed by atoms with E-state index in [4.69, 9.17) is 4.74 Å². The van der Waals surface area contributed by atoms with Gasteiger partial charge in [-0.15, -0.1) is 11.3 Å². The molecule has 190 valence electrons. The van der Waals surface area contributed by atoms with Crippen LogP contribution in [0.2, 0.25) is 0 Å². The van der Waals surface area contributed by atoms with Crippen LogP contribution in [0, 0.1) is 0 Å². The molecule has 0 saturated carbocycles. The molecule has 0 spiro atoms. The number of rotatable bonds is 7. The van der Waals surface area contributed by atoms with E-state index in [2.05, 4.69) is 9.80 Å². The largest absolute Gasteiger partial charge is 0.462 e. The van der Waals surface area contributed by atoms with Gasteiger partial charge in [-0.25, -0.2) is 9.69 Å². The van der Waals surface area contributed by atoms with Crippen molar-refractivity contribution in [2.45, 2.75) is 19.4 Å². The molecule has 5 rings (SSSR count). The lowest BCUT2D eigenvalue weighted by Gasteiger charge is -2.38. The Morgan fingerprint density at radius 2 is 1.54 bits per heavy atom.